The van der Waals surface area contributed by atoms with Crippen LogP contribution in [0.5, 0.6) is 0 Å². The molecule has 0 saturated heterocycles. The second-order valence-electron chi connectivity index (χ2n) is 5.23. The van der Waals surface area contributed by atoms with E-state index in [9.17, 15) is 0 Å². The maximum absolute atomic E-state index is 5.98. The van der Waals surface area contributed by atoms with Crippen molar-refractivity contribution in [3.8, 4) is 11.3 Å². The lowest BCUT2D eigenvalue weighted by Crippen LogP contribution is -2.15. The van der Waals surface area contributed by atoms with Crippen LogP contribution >= 0.6 is 22.9 Å². The van der Waals surface area contributed by atoms with Crippen molar-refractivity contribution in [1.29, 1.82) is 0 Å². The first kappa shape index (κ1) is 14.7. The third-order valence-corrected chi connectivity index (χ3v) is 5.23. The molecular weight excluding hydrogens is 304 g/mol. The van der Waals surface area contributed by atoms with Gasteiger partial charge in [-0.05, 0) is 31.3 Å². The molecule has 1 aliphatic carbocycles. The molecule has 2 aromatic heterocycles. The van der Waals surface area contributed by atoms with Crippen LogP contribution in [0.3, 0.4) is 0 Å². The minimum atomic E-state index is 0.457. The van der Waals surface area contributed by atoms with E-state index in [1.807, 2.05) is 12.3 Å². The standard InChI is InChI=1S/C14H20N4OS2/c1-9-17-11(8-20-9)12-13(15)18-21-14(12)16-6-7-19-10-4-2-3-5-10/h8,10,16H,2-7H2,1H3,(H2,15,18). The molecular formula is C14H20N4OS2. The van der Waals surface area contributed by atoms with Gasteiger partial charge in [0.25, 0.3) is 0 Å². The van der Waals surface area contributed by atoms with E-state index in [0.717, 1.165) is 34.4 Å². The quantitative estimate of drug-likeness (QED) is 0.795. The molecule has 3 rings (SSSR count). The summed E-state index contributed by atoms with van der Waals surface area (Å²) in [5.74, 6) is 0.546. The number of hydrogen-bond donors (Lipinski definition) is 2. The molecule has 0 bridgehead atoms. The van der Waals surface area contributed by atoms with Crippen LogP contribution in [0, 0.1) is 6.92 Å². The Bertz CT molecular complexity index is 590. The van der Waals surface area contributed by atoms with Crippen molar-refractivity contribution in [1.82, 2.24) is 9.36 Å². The van der Waals surface area contributed by atoms with E-state index in [-0.39, 0.29) is 0 Å². The molecule has 21 heavy (non-hydrogen) atoms. The number of nitrogens with one attached hydrogen (secondary N) is 1. The van der Waals surface area contributed by atoms with Crippen molar-refractivity contribution in [3.05, 3.63) is 10.4 Å². The Hall–Kier alpha value is -1.18. The van der Waals surface area contributed by atoms with E-state index in [0.29, 0.717) is 11.9 Å². The Morgan fingerprint density at radius 1 is 1.43 bits per heavy atom. The smallest absolute Gasteiger partial charge is 0.148 e. The van der Waals surface area contributed by atoms with Crippen LogP contribution in [0.25, 0.3) is 11.3 Å². The van der Waals surface area contributed by atoms with Gasteiger partial charge in [-0.2, -0.15) is 4.37 Å². The summed E-state index contributed by atoms with van der Waals surface area (Å²) < 4.78 is 10.1. The highest BCUT2D eigenvalue weighted by atomic mass is 32.1. The third-order valence-electron chi connectivity index (χ3n) is 3.64. The van der Waals surface area contributed by atoms with Gasteiger partial charge >= 0.3 is 0 Å². The fourth-order valence-corrected chi connectivity index (χ4v) is 3.95. The van der Waals surface area contributed by atoms with Gasteiger partial charge in [-0.1, -0.05) is 12.8 Å². The highest BCUT2D eigenvalue weighted by Crippen LogP contribution is 2.36. The maximum Gasteiger partial charge on any atom is 0.148 e. The first-order valence-electron chi connectivity index (χ1n) is 7.27. The lowest BCUT2D eigenvalue weighted by Gasteiger charge is -2.11. The Kier molecular flexibility index (Phi) is 4.72. The predicted octanol–water partition coefficient (Wildman–Crippen LogP) is 3.53. The summed E-state index contributed by atoms with van der Waals surface area (Å²) in [5, 5.41) is 7.42. The molecule has 0 aliphatic heterocycles. The predicted molar refractivity (Wildman–Crippen MR) is 89.1 cm³/mol. The molecule has 7 heteroatoms. The van der Waals surface area contributed by atoms with Gasteiger partial charge in [-0.25, -0.2) is 4.98 Å². The molecule has 3 N–H and O–H groups in total. The number of nitrogen functional groups attached to an aromatic ring is 1. The number of nitrogens with zero attached hydrogens (tertiary/aromatic N) is 2. The Balaban J connectivity index is 1.58. The molecule has 5 nitrogen and oxygen atoms in total. The summed E-state index contributed by atoms with van der Waals surface area (Å²) in [4.78, 5) is 4.50. The van der Waals surface area contributed by atoms with E-state index in [1.165, 1.54) is 37.2 Å². The van der Waals surface area contributed by atoms with Gasteiger partial charge in [0, 0.05) is 11.9 Å². The fraction of sp³-hybridized carbons (Fsp3) is 0.571. The van der Waals surface area contributed by atoms with Gasteiger partial charge in [0.05, 0.1) is 29.0 Å². The zero-order valence-electron chi connectivity index (χ0n) is 12.1. The van der Waals surface area contributed by atoms with Gasteiger partial charge < -0.3 is 15.8 Å². The topological polar surface area (TPSA) is 73.1 Å². The average Bonchev–Trinajstić information content (AvgIpc) is 3.17. The van der Waals surface area contributed by atoms with E-state index < -0.39 is 0 Å². The zero-order valence-corrected chi connectivity index (χ0v) is 13.7. The summed E-state index contributed by atoms with van der Waals surface area (Å²) >= 11 is 3.01. The molecule has 1 aliphatic rings. The molecule has 114 valence electrons. The van der Waals surface area contributed by atoms with E-state index in [4.69, 9.17) is 10.5 Å². The van der Waals surface area contributed by atoms with Crippen LogP contribution in [0.2, 0.25) is 0 Å². The SMILES string of the molecule is Cc1nc(-c2c(N)nsc2NCCOC2CCCC2)cs1. The number of aromatic nitrogens is 2. The van der Waals surface area contributed by atoms with Gasteiger partial charge in [0.2, 0.25) is 0 Å². The highest BCUT2D eigenvalue weighted by molar-refractivity contribution is 7.11. The summed E-state index contributed by atoms with van der Waals surface area (Å²) in [6.45, 7) is 3.49. The van der Waals surface area contributed by atoms with Crippen LogP contribution in [0.4, 0.5) is 10.8 Å². The summed E-state index contributed by atoms with van der Waals surface area (Å²) in [6, 6.07) is 0. The Morgan fingerprint density at radius 2 is 2.24 bits per heavy atom. The van der Waals surface area contributed by atoms with Gasteiger partial charge in [0.1, 0.15) is 10.8 Å². The minimum absolute atomic E-state index is 0.457. The molecule has 0 atom stereocenters. The van der Waals surface area contributed by atoms with Crippen LogP contribution < -0.4 is 11.1 Å². The molecule has 1 saturated carbocycles. The van der Waals surface area contributed by atoms with E-state index >= 15 is 0 Å². The van der Waals surface area contributed by atoms with E-state index in [1.54, 1.807) is 11.3 Å². The lowest BCUT2D eigenvalue weighted by molar-refractivity contribution is 0.0659. The largest absolute Gasteiger partial charge is 0.382 e. The second kappa shape index (κ2) is 6.72. The van der Waals surface area contributed by atoms with Crippen LogP contribution in [-0.2, 0) is 4.74 Å². The average molecular weight is 324 g/mol. The van der Waals surface area contributed by atoms with Crippen molar-refractivity contribution in [2.24, 2.45) is 0 Å². The van der Waals surface area contributed by atoms with Gasteiger partial charge in [0.15, 0.2) is 0 Å². The van der Waals surface area contributed by atoms with Crippen molar-refractivity contribution in [3.63, 3.8) is 0 Å². The summed E-state index contributed by atoms with van der Waals surface area (Å²) in [7, 11) is 0. The van der Waals surface area contributed by atoms with Crippen LogP contribution in [0.15, 0.2) is 5.38 Å². The van der Waals surface area contributed by atoms with Crippen LogP contribution in [-0.4, -0.2) is 28.6 Å². The highest BCUT2D eigenvalue weighted by Gasteiger charge is 2.17. The molecule has 2 heterocycles. The molecule has 0 spiro atoms. The maximum atomic E-state index is 5.98. The van der Waals surface area contributed by atoms with Crippen molar-refractivity contribution >= 4 is 33.7 Å². The second-order valence-corrected chi connectivity index (χ2v) is 7.06. The first-order valence-corrected chi connectivity index (χ1v) is 8.92. The third kappa shape index (κ3) is 3.53. The monoisotopic (exact) mass is 324 g/mol. The lowest BCUT2D eigenvalue weighted by atomic mass is 10.2. The number of hydrogen-bond acceptors (Lipinski definition) is 7. The normalized spacial score (nSPS) is 15.7. The molecule has 2 aromatic rings. The van der Waals surface area contributed by atoms with Crippen LogP contribution in [0.1, 0.15) is 30.7 Å². The molecule has 0 radical (unpaired) electrons. The molecule has 0 unspecified atom stereocenters. The Morgan fingerprint density at radius 3 is 2.95 bits per heavy atom. The van der Waals surface area contributed by atoms with Crippen molar-refractivity contribution < 1.29 is 4.74 Å². The summed E-state index contributed by atoms with van der Waals surface area (Å²) in [5.41, 5.74) is 7.81. The fourth-order valence-electron chi connectivity index (χ4n) is 2.59. The molecule has 0 aromatic carbocycles. The number of thiazole rings is 1. The van der Waals surface area contributed by atoms with Gasteiger partial charge in [-0.15, -0.1) is 11.3 Å². The van der Waals surface area contributed by atoms with Gasteiger partial charge in [-0.3, -0.25) is 0 Å². The minimum Gasteiger partial charge on any atom is -0.382 e. The van der Waals surface area contributed by atoms with Crippen molar-refractivity contribution in [2.75, 3.05) is 24.2 Å². The number of aryl methyl sites for hydroxylation is 1. The summed E-state index contributed by atoms with van der Waals surface area (Å²) in [6.07, 6.45) is 5.47. The number of ether oxygens (including phenoxy) is 1. The number of rotatable bonds is 6. The van der Waals surface area contributed by atoms with E-state index in [2.05, 4.69) is 14.7 Å². The van der Waals surface area contributed by atoms with Crippen molar-refractivity contribution in [2.45, 2.75) is 38.7 Å². The number of nitrogens with two attached hydrogens (primary N) is 1. The number of anilines is 2. The molecule has 1 fully saturated rings. The Labute approximate surface area is 132 Å². The zero-order chi connectivity index (χ0) is 14.7. The first-order chi connectivity index (χ1) is 10.2. The molecule has 0 amide bonds.